The van der Waals surface area contributed by atoms with Crippen LogP contribution in [0.4, 0.5) is 4.79 Å². The Hall–Kier alpha value is -1.79. The molecule has 0 aromatic heterocycles. The van der Waals surface area contributed by atoms with Crippen LogP contribution >= 0.6 is 0 Å². The Morgan fingerprint density at radius 3 is 2.57 bits per heavy atom. The van der Waals surface area contributed by atoms with Crippen LogP contribution in [-0.2, 0) is 19.1 Å². The Bertz CT molecular complexity index is 457. The maximum atomic E-state index is 12.3. The number of hydrogen-bond acceptors (Lipinski definition) is 5. The molecule has 0 aromatic rings. The predicted molar refractivity (Wildman–Crippen MR) is 73.4 cm³/mol. The zero-order valence-corrected chi connectivity index (χ0v) is 12.8. The van der Waals surface area contributed by atoms with E-state index in [0.29, 0.717) is 12.8 Å². The Labute approximate surface area is 123 Å². The number of amides is 2. The molecule has 0 spiro atoms. The number of piperazine rings is 1. The van der Waals surface area contributed by atoms with E-state index in [4.69, 9.17) is 9.47 Å². The summed E-state index contributed by atoms with van der Waals surface area (Å²) in [5, 5.41) is 2.65. The highest BCUT2D eigenvalue weighted by molar-refractivity contribution is 5.93. The van der Waals surface area contributed by atoms with Crippen molar-refractivity contribution in [3.8, 4) is 0 Å². The summed E-state index contributed by atoms with van der Waals surface area (Å²) in [6.45, 7) is 7.22. The van der Waals surface area contributed by atoms with Gasteiger partial charge < -0.3 is 14.8 Å². The first-order valence-electron chi connectivity index (χ1n) is 7.23. The van der Waals surface area contributed by atoms with Crippen molar-refractivity contribution in [3.63, 3.8) is 0 Å². The highest BCUT2D eigenvalue weighted by Crippen LogP contribution is 2.32. The lowest BCUT2D eigenvalue weighted by Gasteiger charge is -2.39. The summed E-state index contributed by atoms with van der Waals surface area (Å²) in [6.07, 6.45) is 0.553. The Morgan fingerprint density at radius 1 is 1.33 bits per heavy atom. The zero-order valence-electron chi connectivity index (χ0n) is 12.8. The van der Waals surface area contributed by atoms with Gasteiger partial charge in [0.05, 0.1) is 12.6 Å². The second kappa shape index (κ2) is 5.54. The average molecular weight is 298 g/mol. The van der Waals surface area contributed by atoms with Crippen LogP contribution in [0.3, 0.4) is 0 Å². The maximum absolute atomic E-state index is 12.3. The van der Waals surface area contributed by atoms with Crippen LogP contribution in [0.25, 0.3) is 0 Å². The molecule has 2 fully saturated rings. The number of nitrogens with one attached hydrogen (secondary N) is 1. The van der Waals surface area contributed by atoms with Crippen molar-refractivity contribution < 1.29 is 23.9 Å². The number of carbonyl (C=O) groups excluding carboxylic acids is 3. The van der Waals surface area contributed by atoms with Crippen LogP contribution in [-0.4, -0.2) is 53.2 Å². The molecule has 2 amide bonds. The number of hydrogen-bond donors (Lipinski definition) is 1. The molecule has 0 aliphatic carbocycles. The van der Waals surface area contributed by atoms with Crippen molar-refractivity contribution >= 4 is 18.0 Å². The highest BCUT2D eigenvalue weighted by Gasteiger charge is 2.53. The minimum atomic E-state index is -0.816. The molecule has 2 heterocycles. The zero-order chi connectivity index (χ0) is 15.8. The quantitative estimate of drug-likeness (QED) is 0.763. The maximum Gasteiger partial charge on any atom is 0.411 e. The van der Waals surface area contributed by atoms with Gasteiger partial charge in [0.1, 0.15) is 17.7 Å². The van der Waals surface area contributed by atoms with E-state index < -0.39 is 35.8 Å². The van der Waals surface area contributed by atoms with Crippen molar-refractivity contribution in [2.45, 2.75) is 64.3 Å². The molecule has 1 N–H and O–H groups in total. The Kier molecular flexibility index (Phi) is 4.11. The van der Waals surface area contributed by atoms with Crippen molar-refractivity contribution in [1.82, 2.24) is 10.2 Å². The largest absolute Gasteiger partial charge is 0.464 e. The number of ether oxygens (including phenoxy) is 2. The lowest BCUT2D eigenvalue weighted by Crippen LogP contribution is -2.65. The van der Waals surface area contributed by atoms with Gasteiger partial charge in [0.15, 0.2) is 0 Å². The fraction of sp³-hybridized carbons (Fsp3) is 0.786. The molecule has 3 atom stereocenters. The Morgan fingerprint density at radius 2 is 2.00 bits per heavy atom. The van der Waals surface area contributed by atoms with Gasteiger partial charge in [-0.05, 0) is 40.5 Å². The molecule has 2 aliphatic heterocycles. The van der Waals surface area contributed by atoms with Crippen LogP contribution in [0.1, 0.15) is 40.5 Å². The molecule has 0 radical (unpaired) electrons. The third-order valence-electron chi connectivity index (χ3n) is 3.56. The molecule has 118 valence electrons. The number of nitrogens with zero attached hydrogens (tertiary/aromatic N) is 1. The van der Waals surface area contributed by atoms with E-state index in [1.54, 1.807) is 27.7 Å². The van der Waals surface area contributed by atoms with Crippen LogP contribution < -0.4 is 5.32 Å². The molecule has 7 heteroatoms. The summed E-state index contributed by atoms with van der Waals surface area (Å²) >= 11 is 0. The van der Waals surface area contributed by atoms with Crippen LogP contribution in [0.2, 0.25) is 0 Å². The molecule has 7 nitrogen and oxygen atoms in total. The minimum Gasteiger partial charge on any atom is -0.464 e. The topological polar surface area (TPSA) is 84.9 Å². The van der Waals surface area contributed by atoms with Gasteiger partial charge in [0.2, 0.25) is 5.91 Å². The summed E-state index contributed by atoms with van der Waals surface area (Å²) in [4.78, 5) is 37.8. The highest BCUT2D eigenvalue weighted by atomic mass is 16.6. The normalized spacial score (nSPS) is 28.1. The molecule has 0 saturated carbocycles. The summed E-state index contributed by atoms with van der Waals surface area (Å²) in [5.41, 5.74) is -0.649. The van der Waals surface area contributed by atoms with E-state index in [1.165, 1.54) is 4.90 Å². The van der Waals surface area contributed by atoms with Gasteiger partial charge >= 0.3 is 12.1 Å². The lowest BCUT2D eigenvalue weighted by molar-refractivity contribution is -0.152. The van der Waals surface area contributed by atoms with Crippen molar-refractivity contribution in [1.29, 1.82) is 0 Å². The van der Waals surface area contributed by atoms with Crippen LogP contribution in [0.5, 0.6) is 0 Å². The second-order valence-electron chi connectivity index (χ2n) is 6.29. The first-order chi connectivity index (χ1) is 9.74. The van der Waals surface area contributed by atoms with E-state index in [0.717, 1.165) is 0 Å². The average Bonchev–Trinajstić information content (AvgIpc) is 2.71. The molecule has 2 rings (SSSR count). The number of esters is 1. The van der Waals surface area contributed by atoms with Crippen LogP contribution in [0.15, 0.2) is 0 Å². The van der Waals surface area contributed by atoms with Gasteiger partial charge in [0, 0.05) is 0 Å². The summed E-state index contributed by atoms with van der Waals surface area (Å²) in [6, 6.07) is -1.78. The van der Waals surface area contributed by atoms with Gasteiger partial charge in [0.25, 0.3) is 0 Å². The van der Waals surface area contributed by atoms with Gasteiger partial charge in [-0.1, -0.05) is 0 Å². The van der Waals surface area contributed by atoms with E-state index in [-0.39, 0.29) is 12.5 Å². The molecule has 2 aliphatic rings. The van der Waals surface area contributed by atoms with Gasteiger partial charge in [-0.3, -0.25) is 9.69 Å². The Balaban J connectivity index is 2.20. The van der Waals surface area contributed by atoms with Gasteiger partial charge in [-0.25, -0.2) is 9.59 Å². The number of carbonyl (C=O) groups is 3. The SMILES string of the molecule is CCOC(=O)C1NC(=O)[C@@H]2CC[C@H]1N2C(=O)OC(C)(C)C. The third kappa shape index (κ3) is 3.11. The first-order valence-corrected chi connectivity index (χ1v) is 7.23. The van der Waals surface area contributed by atoms with Crippen molar-refractivity contribution in [2.24, 2.45) is 0 Å². The monoisotopic (exact) mass is 298 g/mol. The molecule has 21 heavy (non-hydrogen) atoms. The third-order valence-corrected chi connectivity index (χ3v) is 3.56. The fourth-order valence-electron chi connectivity index (χ4n) is 2.79. The summed E-state index contributed by atoms with van der Waals surface area (Å²) in [7, 11) is 0. The molecular weight excluding hydrogens is 276 g/mol. The molecule has 0 aromatic carbocycles. The predicted octanol–water partition coefficient (Wildman–Crippen LogP) is 0.816. The van der Waals surface area contributed by atoms with Crippen LogP contribution in [0, 0.1) is 0 Å². The first kappa shape index (κ1) is 15.6. The van der Waals surface area contributed by atoms with Crippen molar-refractivity contribution in [2.75, 3.05) is 6.61 Å². The molecule has 2 saturated heterocycles. The van der Waals surface area contributed by atoms with E-state index >= 15 is 0 Å². The second-order valence-corrected chi connectivity index (χ2v) is 6.29. The molecule has 1 unspecified atom stereocenters. The lowest BCUT2D eigenvalue weighted by atomic mass is 10.1. The van der Waals surface area contributed by atoms with E-state index in [1.807, 2.05) is 0 Å². The number of fused-ring (bicyclic) bond motifs is 2. The number of rotatable bonds is 2. The standard InChI is InChI=1S/C14H22N2O5/c1-5-20-12(18)10-8-6-7-9(11(17)15-10)16(8)13(19)21-14(2,3)4/h8-10H,5-7H2,1-4H3,(H,15,17)/t8-,9+,10?/m1/s1. The van der Waals surface area contributed by atoms with Crippen molar-refractivity contribution in [3.05, 3.63) is 0 Å². The minimum absolute atomic E-state index is 0.230. The van der Waals surface area contributed by atoms with Gasteiger partial charge in [-0.2, -0.15) is 0 Å². The van der Waals surface area contributed by atoms with E-state index in [9.17, 15) is 14.4 Å². The smallest absolute Gasteiger partial charge is 0.411 e. The van der Waals surface area contributed by atoms with Gasteiger partial charge in [-0.15, -0.1) is 0 Å². The molecule has 2 bridgehead atoms. The van der Waals surface area contributed by atoms with E-state index in [2.05, 4.69) is 5.32 Å². The fourth-order valence-corrected chi connectivity index (χ4v) is 2.79. The summed E-state index contributed by atoms with van der Waals surface area (Å²) in [5.74, 6) is -0.836. The molecular formula is C14H22N2O5. The summed E-state index contributed by atoms with van der Waals surface area (Å²) < 4.78 is 10.3.